The van der Waals surface area contributed by atoms with E-state index in [1.807, 2.05) is 12.1 Å². The van der Waals surface area contributed by atoms with Crippen molar-refractivity contribution in [1.82, 2.24) is 4.98 Å². The molecule has 0 unspecified atom stereocenters. The van der Waals surface area contributed by atoms with Gasteiger partial charge in [-0.1, -0.05) is 48.3 Å². The van der Waals surface area contributed by atoms with Crippen molar-refractivity contribution in [2.45, 2.75) is 26.2 Å². The molecule has 1 nitrogen and oxygen atoms in total. The van der Waals surface area contributed by atoms with Gasteiger partial charge in [0.2, 0.25) is 0 Å². The summed E-state index contributed by atoms with van der Waals surface area (Å²) >= 11 is 9.39. The Kier molecular flexibility index (Phi) is 3.17. The predicted octanol–water partition coefficient (Wildman–Crippen LogP) is 5.09. The molecule has 4 heteroatoms. The third-order valence-corrected chi connectivity index (χ3v) is 3.34. The van der Waals surface area contributed by atoms with Crippen LogP contribution in [-0.2, 0) is 5.41 Å². The summed E-state index contributed by atoms with van der Waals surface area (Å²) in [7, 11) is 0. The van der Waals surface area contributed by atoms with Crippen LogP contribution in [0.3, 0.4) is 0 Å². The second-order valence-corrected chi connectivity index (χ2v) is 6.31. The van der Waals surface area contributed by atoms with Crippen LogP contribution in [0.25, 0.3) is 10.9 Å². The monoisotopic (exact) mass is 315 g/mol. The molecule has 1 aromatic carbocycles. The van der Waals surface area contributed by atoms with Crippen molar-refractivity contribution in [2.24, 2.45) is 0 Å². The first-order valence-corrected chi connectivity index (χ1v) is 6.42. The van der Waals surface area contributed by atoms with E-state index in [4.69, 9.17) is 11.6 Å². The molecule has 0 radical (unpaired) electrons. The molecule has 0 saturated carbocycles. The minimum Gasteiger partial charge on any atom is -0.233 e. The number of rotatable bonds is 0. The van der Waals surface area contributed by atoms with E-state index in [9.17, 15) is 4.39 Å². The zero-order valence-electron chi connectivity index (χ0n) is 9.81. The van der Waals surface area contributed by atoms with Gasteiger partial charge in [-0.25, -0.2) is 9.37 Å². The lowest BCUT2D eigenvalue weighted by Gasteiger charge is -2.20. The first kappa shape index (κ1) is 12.8. The first-order chi connectivity index (χ1) is 7.79. The summed E-state index contributed by atoms with van der Waals surface area (Å²) in [5.74, 6) is -0.364. The van der Waals surface area contributed by atoms with Crippen LogP contribution in [0.1, 0.15) is 26.3 Å². The van der Waals surface area contributed by atoms with Crippen molar-refractivity contribution in [3.8, 4) is 0 Å². The summed E-state index contributed by atoms with van der Waals surface area (Å²) in [4.78, 5) is 4.15. The highest BCUT2D eigenvalue weighted by Crippen LogP contribution is 2.32. The normalized spacial score (nSPS) is 12.1. The minimum absolute atomic E-state index is 0.114. The lowest BCUT2D eigenvalue weighted by Crippen LogP contribution is -2.12. The highest BCUT2D eigenvalue weighted by Gasteiger charge is 2.20. The number of fused-ring (bicyclic) bond motifs is 1. The average Bonchev–Trinajstić information content (AvgIpc) is 2.16. The largest absolute Gasteiger partial charge is 0.233 e. The quantitative estimate of drug-likeness (QED) is 0.617. The molecule has 0 aliphatic rings. The van der Waals surface area contributed by atoms with Gasteiger partial charge in [0.15, 0.2) is 5.82 Å². The fourth-order valence-corrected chi connectivity index (χ4v) is 2.58. The molecule has 0 amide bonds. The maximum atomic E-state index is 13.7. The van der Waals surface area contributed by atoms with Gasteiger partial charge in [0.25, 0.3) is 0 Å². The molecule has 0 spiro atoms. The number of nitrogens with zero attached hydrogens (tertiary/aromatic N) is 1. The van der Waals surface area contributed by atoms with Crippen LogP contribution in [0.15, 0.2) is 22.7 Å². The minimum atomic E-state index is -0.364. The summed E-state index contributed by atoms with van der Waals surface area (Å²) in [6.07, 6.45) is 0. The SMILES string of the molecule is CC(C)(C)c1cc2cc(Br)cc(F)c2nc1Cl. The predicted molar refractivity (Wildman–Crippen MR) is 73.1 cm³/mol. The fraction of sp³-hybridized carbons (Fsp3) is 0.308. The Morgan fingerprint density at radius 3 is 2.47 bits per heavy atom. The van der Waals surface area contributed by atoms with E-state index in [1.165, 1.54) is 6.07 Å². The summed E-state index contributed by atoms with van der Waals surface area (Å²) < 4.78 is 14.4. The van der Waals surface area contributed by atoms with Crippen molar-refractivity contribution in [2.75, 3.05) is 0 Å². The molecule has 90 valence electrons. The Balaban J connectivity index is 2.81. The van der Waals surface area contributed by atoms with Gasteiger partial charge >= 0.3 is 0 Å². The van der Waals surface area contributed by atoms with E-state index >= 15 is 0 Å². The highest BCUT2D eigenvalue weighted by molar-refractivity contribution is 9.10. The number of benzene rings is 1. The van der Waals surface area contributed by atoms with E-state index in [1.54, 1.807) is 0 Å². The second kappa shape index (κ2) is 4.21. The summed E-state index contributed by atoms with van der Waals surface area (Å²) in [5.41, 5.74) is 1.12. The molecule has 0 aliphatic carbocycles. The number of aromatic nitrogens is 1. The standard InChI is InChI=1S/C13H12BrClFN/c1-13(2,3)9-5-7-4-8(14)6-10(16)11(7)17-12(9)15/h4-6H,1-3H3. The third-order valence-electron chi connectivity index (χ3n) is 2.60. The molecule has 0 bridgehead atoms. The molecule has 17 heavy (non-hydrogen) atoms. The van der Waals surface area contributed by atoms with Crippen LogP contribution in [0.2, 0.25) is 5.15 Å². The summed E-state index contributed by atoms with van der Waals surface area (Å²) in [6.45, 7) is 6.15. The third kappa shape index (κ3) is 2.45. The van der Waals surface area contributed by atoms with E-state index < -0.39 is 0 Å². The molecular formula is C13H12BrClFN. The van der Waals surface area contributed by atoms with Gasteiger partial charge in [0.1, 0.15) is 10.7 Å². The molecule has 0 atom stereocenters. The molecule has 2 rings (SSSR count). The van der Waals surface area contributed by atoms with Gasteiger partial charge in [-0.3, -0.25) is 0 Å². The molecule has 1 heterocycles. The number of halogens is 3. The summed E-state index contributed by atoms with van der Waals surface area (Å²) in [6, 6.07) is 5.14. The lowest BCUT2D eigenvalue weighted by atomic mass is 9.87. The van der Waals surface area contributed by atoms with Gasteiger partial charge < -0.3 is 0 Å². The Morgan fingerprint density at radius 1 is 1.24 bits per heavy atom. The van der Waals surface area contributed by atoms with Gasteiger partial charge in [0, 0.05) is 9.86 Å². The van der Waals surface area contributed by atoms with E-state index in [0.29, 0.717) is 15.1 Å². The van der Waals surface area contributed by atoms with Crippen molar-refractivity contribution in [1.29, 1.82) is 0 Å². The second-order valence-electron chi connectivity index (χ2n) is 5.04. The highest BCUT2D eigenvalue weighted by atomic mass is 79.9. The van der Waals surface area contributed by atoms with Crippen LogP contribution in [0, 0.1) is 5.82 Å². The Bertz CT molecular complexity index is 590. The van der Waals surface area contributed by atoms with Crippen molar-refractivity contribution in [3.63, 3.8) is 0 Å². The van der Waals surface area contributed by atoms with Crippen LogP contribution in [0.5, 0.6) is 0 Å². The molecule has 0 N–H and O–H groups in total. The zero-order valence-corrected chi connectivity index (χ0v) is 12.2. The zero-order chi connectivity index (χ0) is 12.8. The van der Waals surface area contributed by atoms with Crippen molar-refractivity contribution >= 4 is 38.4 Å². The Hall–Kier alpha value is -0.670. The van der Waals surface area contributed by atoms with Crippen LogP contribution in [0.4, 0.5) is 4.39 Å². The topological polar surface area (TPSA) is 12.9 Å². The van der Waals surface area contributed by atoms with Gasteiger partial charge in [-0.05, 0) is 29.2 Å². The van der Waals surface area contributed by atoms with E-state index in [2.05, 4.69) is 41.7 Å². The van der Waals surface area contributed by atoms with Crippen LogP contribution < -0.4 is 0 Å². The van der Waals surface area contributed by atoms with Gasteiger partial charge in [-0.15, -0.1) is 0 Å². The number of pyridine rings is 1. The Morgan fingerprint density at radius 2 is 1.88 bits per heavy atom. The van der Waals surface area contributed by atoms with Crippen molar-refractivity contribution < 1.29 is 4.39 Å². The van der Waals surface area contributed by atoms with Gasteiger partial charge in [0.05, 0.1) is 0 Å². The fourth-order valence-electron chi connectivity index (χ4n) is 1.71. The van der Waals surface area contributed by atoms with E-state index in [0.717, 1.165) is 10.9 Å². The Labute approximate surface area is 113 Å². The molecular weight excluding hydrogens is 305 g/mol. The molecule has 0 saturated heterocycles. The maximum Gasteiger partial charge on any atom is 0.150 e. The summed E-state index contributed by atoms with van der Waals surface area (Å²) in [5, 5.41) is 1.12. The number of hydrogen-bond acceptors (Lipinski definition) is 1. The first-order valence-electron chi connectivity index (χ1n) is 5.25. The number of hydrogen-bond donors (Lipinski definition) is 0. The lowest BCUT2D eigenvalue weighted by molar-refractivity contribution is 0.588. The van der Waals surface area contributed by atoms with Crippen molar-refractivity contribution in [3.05, 3.63) is 39.2 Å². The average molecular weight is 317 g/mol. The molecule has 0 fully saturated rings. The molecule has 0 aliphatic heterocycles. The van der Waals surface area contributed by atoms with Crippen LogP contribution in [-0.4, -0.2) is 4.98 Å². The molecule has 1 aromatic heterocycles. The maximum absolute atomic E-state index is 13.7. The molecule has 2 aromatic rings. The van der Waals surface area contributed by atoms with E-state index in [-0.39, 0.29) is 11.2 Å². The van der Waals surface area contributed by atoms with Gasteiger partial charge in [-0.2, -0.15) is 0 Å². The smallest absolute Gasteiger partial charge is 0.150 e. The van der Waals surface area contributed by atoms with Crippen LogP contribution >= 0.6 is 27.5 Å².